The quantitative estimate of drug-likeness (QED) is 0.847. The second kappa shape index (κ2) is 7.28. The van der Waals surface area contributed by atoms with Crippen LogP contribution in [-0.2, 0) is 11.3 Å². The van der Waals surface area contributed by atoms with Crippen molar-refractivity contribution in [1.29, 1.82) is 0 Å². The SMILES string of the molecule is Cc1ccccc1CN1CC[C@@H]2OCCN(C(=O)c3ccsc3)[C@H]2C1. The van der Waals surface area contributed by atoms with Crippen LogP contribution in [-0.4, -0.2) is 54.1 Å². The molecule has 1 aromatic heterocycles. The minimum absolute atomic E-state index is 0.150. The van der Waals surface area contributed by atoms with Crippen LogP contribution in [0, 0.1) is 6.92 Å². The van der Waals surface area contributed by atoms with Gasteiger partial charge in [-0.25, -0.2) is 0 Å². The first kappa shape index (κ1) is 16.8. The van der Waals surface area contributed by atoms with E-state index < -0.39 is 0 Å². The number of hydrogen-bond donors (Lipinski definition) is 0. The van der Waals surface area contributed by atoms with Crippen molar-refractivity contribution >= 4 is 17.2 Å². The summed E-state index contributed by atoms with van der Waals surface area (Å²) in [6.45, 7) is 6.35. The third kappa shape index (κ3) is 3.50. The monoisotopic (exact) mass is 356 g/mol. The van der Waals surface area contributed by atoms with Crippen LogP contribution in [0.3, 0.4) is 0 Å². The van der Waals surface area contributed by atoms with E-state index >= 15 is 0 Å². The zero-order valence-corrected chi connectivity index (χ0v) is 15.4. The molecule has 25 heavy (non-hydrogen) atoms. The van der Waals surface area contributed by atoms with Gasteiger partial charge in [-0.15, -0.1) is 0 Å². The Morgan fingerprint density at radius 2 is 2.16 bits per heavy atom. The third-order valence-corrected chi connectivity index (χ3v) is 6.04. The van der Waals surface area contributed by atoms with E-state index in [-0.39, 0.29) is 18.1 Å². The zero-order chi connectivity index (χ0) is 17.2. The van der Waals surface area contributed by atoms with Crippen LogP contribution in [0.2, 0.25) is 0 Å². The molecule has 4 nitrogen and oxygen atoms in total. The number of aryl methyl sites for hydroxylation is 1. The number of hydrogen-bond acceptors (Lipinski definition) is 4. The first-order chi connectivity index (χ1) is 12.2. The standard InChI is InChI=1S/C20H24N2O2S/c1-15-4-2-3-5-16(15)12-21-8-6-19-18(13-21)22(9-10-24-19)20(23)17-7-11-25-14-17/h2-5,7,11,14,18-19H,6,8-10,12-13H2,1H3/t18-,19-/m0/s1. The number of carbonyl (C=O) groups excluding carboxylic acids is 1. The Balaban J connectivity index is 1.49. The van der Waals surface area contributed by atoms with Gasteiger partial charge in [0.25, 0.3) is 5.91 Å². The molecule has 2 aliphatic rings. The van der Waals surface area contributed by atoms with Crippen LogP contribution in [0.1, 0.15) is 27.9 Å². The Morgan fingerprint density at radius 1 is 1.28 bits per heavy atom. The Bertz CT molecular complexity index is 731. The highest BCUT2D eigenvalue weighted by molar-refractivity contribution is 7.08. The zero-order valence-electron chi connectivity index (χ0n) is 14.6. The number of thiophene rings is 1. The summed E-state index contributed by atoms with van der Waals surface area (Å²) in [7, 11) is 0. The molecule has 2 atom stereocenters. The normalized spacial score (nSPS) is 24.1. The maximum Gasteiger partial charge on any atom is 0.255 e. The average Bonchev–Trinajstić information content (AvgIpc) is 3.17. The summed E-state index contributed by atoms with van der Waals surface area (Å²) in [5.41, 5.74) is 3.51. The molecule has 0 N–H and O–H groups in total. The largest absolute Gasteiger partial charge is 0.374 e. The third-order valence-electron chi connectivity index (χ3n) is 5.35. The summed E-state index contributed by atoms with van der Waals surface area (Å²) < 4.78 is 5.98. The number of likely N-dealkylation sites (tertiary alicyclic amines) is 1. The van der Waals surface area contributed by atoms with Gasteiger partial charge in [0.1, 0.15) is 0 Å². The van der Waals surface area contributed by atoms with Crippen LogP contribution >= 0.6 is 11.3 Å². The topological polar surface area (TPSA) is 32.8 Å². The van der Waals surface area contributed by atoms with Gasteiger partial charge in [0.2, 0.25) is 0 Å². The molecule has 4 rings (SSSR count). The minimum atomic E-state index is 0.150. The van der Waals surface area contributed by atoms with Crippen LogP contribution in [0.4, 0.5) is 0 Å². The van der Waals surface area contributed by atoms with E-state index in [1.807, 2.05) is 21.7 Å². The van der Waals surface area contributed by atoms with E-state index in [0.717, 1.165) is 31.6 Å². The van der Waals surface area contributed by atoms with Gasteiger partial charge in [-0.3, -0.25) is 9.69 Å². The van der Waals surface area contributed by atoms with E-state index in [9.17, 15) is 4.79 Å². The number of amides is 1. The van der Waals surface area contributed by atoms with E-state index in [0.29, 0.717) is 13.2 Å². The number of morpholine rings is 1. The fraction of sp³-hybridized carbons (Fsp3) is 0.450. The summed E-state index contributed by atoms with van der Waals surface area (Å²) in [6.07, 6.45) is 1.16. The molecule has 3 heterocycles. The number of carbonyl (C=O) groups is 1. The van der Waals surface area contributed by atoms with Gasteiger partial charge < -0.3 is 9.64 Å². The lowest BCUT2D eigenvalue weighted by Crippen LogP contribution is -2.61. The molecule has 1 aromatic carbocycles. The molecule has 1 amide bonds. The molecule has 0 spiro atoms. The van der Waals surface area contributed by atoms with Crippen molar-refractivity contribution in [2.24, 2.45) is 0 Å². The lowest BCUT2D eigenvalue weighted by Gasteiger charge is -2.47. The predicted molar refractivity (Wildman–Crippen MR) is 100.0 cm³/mol. The fourth-order valence-corrected chi connectivity index (χ4v) is 4.54. The number of benzene rings is 1. The highest BCUT2D eigenvalue weighted by Gasteiger charge is 2.39. The lowest BCUT2D eigenvalue weighted by molar-refractivity contribution is -0.0914. The molecule has 0 bridgehead atoms. The summed E-state index contributed by atoms with van der Waals surface area (Å²) >= 11 is 1.58. The minimum Gasteiger partial charge on any atom is -0.374 e. The van der Waals surface area contributed by atoms with Crippen molar-refractivity contribution < 1.29 is 9.53 Å². The van der Waals surface area contributed by atoms with Gasteiger partial charge in [-0.05, 0) is 35.9 Å². The number of piperidine rings is 1. The molecule has 2 fully saturated rings. The summed E-state index contributed by atoms with van der Waals surface area (Å²) in [6, 6.07) is 10.6. The van der Waals surface area contributed by atoms with Gasteiger partial charge in [0, 0.05) is 31.6 Å². The summed E-state index contributed by atoms with van der Waals surface area (Å²) in [5, 5.41) is 3.91. The smallest absolute Gasteiger partial charge is 0.255 e. The Kier molecular flexibility index (Phi) is 4.88. The fourth-order valence-electron chi connectivity index (χ4n) is 3.91. The van der Waals surface area contributed by atoms with Crippen molar-refractivity contribution in [3.8, 4) is 0 Å². The van der Waals surface area contributed by atoms with Gasteiger partial charge in [-0.2, -0.15) is 11.3 Å². The van der Waals surface area contributed by atoms with Gasteiger partial charge >= 0.3 is 0 Å². The van der Waals surface area contributed by atoms with Crippen molar-refractivity contribution in [3.05, 3.63) is 57.8 Å². The van der Waals surface area contributed by atoms with Gasteiger partial charge in [0.15, 0.2) is 0 Å². The molecule has 2 aromatic rings. The Morgan fingerprint density at radius 3 is 2.96 bits per heavy atom. The van der Waals surface area contributed by atoms with Crippen molar-refractivity contribution in [2.75, 3.05) is 26.2 Å². The van der Waals surface area contributed by atoms with E-state index in [2.05, 4.69) is 36.1 Å². The van der Waals surface area contributed by atoms with Crippen LogP contribution < -0.4 is 0 Å². The molecular weight excluding hydrogens is 332 g/mol. The first-order valence-corrected chi connectivity index (χ1v) is 9.88. The highest BCUT2D eigenvalue weighted by atomic mass is 32.1. The molecule has 0 radical (unpaired) electrons. The van der Waals surface area contributed by atoms with E-state index in [1.165, 1.54) is 11.1 Å². The van der Waals surface area contributed by atoms with E-state index in [4.69, 9.17) is 4.74 Å². The van der Waals surface area contributed by atoms with Gasteiger partial charge in [0.05, 0.1) is 24.3 Å². The molecule has 0 unspecified atom stereocenters. The second-order valence-corrected chi connectivity index (χ2v) is 7.72. The molecule has 0 aliphatic carbocycles. The lowest BCUT2D eigenvalue weighted by atomic mass is 9.97. The molecule has 132 valence electrons. The van der Waals surface area contributed by atoms with Crippen molar-refractivity contribution in [3.63, 3.8) is 0 Å². The van der Waals surface area contributed by atoms with Crippen molar-refractivity contribution in [2.45, 2.75) is 32.0 Å². The highest BCUT2D eigenvalue weighted by Crippen LogP contribution is 2.26. The molecule has 2 saturated heterocycles. The van der Waals surface area contributed by atoms with Crippen molar-refractivity contribution in [1.82, 2.24) is 9.80 Å². The number of nitrogens with zero attached hydrogens (tertiary/aromatic N) is 2. The Hall–Kier alpha value is -1.69. The Labute approximate surface area is 153 Å². The van der Waals surface area contributed by atoms with E-state index in [1.54, 1.807) is 11.3 Å². The van der Waals surface area contributed by atoms with Gasteiger partial charge in [-0.1, -0.05) is 24.3 Å². The molecule has 2 aliphatic heterocycles. The maximum atomic E-state index is 12.9. The molecule has 5 heteroatoms. The average molecular weight is 356 g/mol. The maximum absolute atomic E-state index is 12.9. The second-order valence-electron chi connectivity index (χ2n) is 6.94. The number of ether oxygens (including phenoxy) is 1. The summed E-state index contributed by atoms with van der Waals surface area (Å²) in [5.74, 6) is 0.150. The van der Waals surface area contributed by atoms with Crippen LogP contribution in [0.25, 0.3) is 0 Å². The van der Waals surface area contributed by atoms with Crippen LogP contribution in [0.15, 0.2) is 41.1 Å². The first-order valence-electron chi connectivity index (χ1n) is 8.94. The molecular formula is C20H24N2O2S. The number of rotatable bonds is 3. The predicted octanol–water partition coefficient (Wildman–Crippen LogP) is 3.17. The molecule has 0 saturated carbocycles. The number of fused-ring (bicyclic) bond motifs is 1. The summed E-state index contributed by atoms with van der Waals surface area (Å²) in [4.78, 5) is 17.4. The van der Waals surface area contributed by atoms with Crippen LogP contribution in [0.5, 0.6) is 0 Å².